The van der Waals surface area contributed by atoms with Gasteiger partial charge in [-0.3, -0.25) is 9.69 Å². The number of thioether (sulfide) groups is 1. The maximum absolute atomic E-state index is 10.9. The number of likely N-dealkylation sites (tertiary alicyclic amines) is 1. The largest absolute Gasteiger partial charge is 0.480 e. The molecule has 4 heteroatoms. The lowest BCUT2D eigenvalue weighted by Gasteiger charge is -2.27. The summed E-state index contributed by atoms with van der Waals surface area (Å²) >= 11 is 1.96. The Labute approximate surface area is 96.2 Å². The topological polar surface area (TPSA) is 40.5 Å². The van der Waals surface area contributed by atoms with Crippen LogP contribution >= 0.6 is 11.8 Å². The summed E-state index contributed by atoms with van der Waals surface area (Å²) < 4.78 is 0. The molecule has 88 valence electrons. The van der Waals surface area contributed by atoms with E-state index in [0.717, 1.165) is 25.3 Å². The molecular formula is C11H21NO2S. The first kappa shape index (κ1) is 12.8. The molecule has 0 aliphatic carbocycles. The molecule has 2 unspecified atom stereocenters. The Morgan fingerprint density at radius 2 is 2.33 bits per heavy atom. The molecule has 0 amide bonds. The van der Waals surface area contributed by atoms with Crippen LogP contribution in [0.5, 0.6) is 0 Å². The molecule has 0 aromatic heterocycles. The summed E-state index contributed by atoms with van der Waals surface area (Å²) in [4.78, 5) is 13.0. The average molecular weight is 231 g/mol. The normalized spacial score (nSPS) is 25.9. The van der Waals surface area contributed by atoms with E-state index in [1.54, 1.807) is 6.92 Å². The van der Waals surface area contributed by atoms with Crippen molar-refractivity contribution in [3.05, 3.63) is 0 Å². The fourth-order valence-electron chi connectivity index (χ4n) is 2.01. The van der Waals surface area contributed by atoms with Gasteiger partial charge in [-0.05, 0) is 32.1 Å². The van der Waals surface area contributed by atoms with Crippen molar-refractivity contribution < 1.29 is 9.90 Å². The SMILES string of the molecule is CCSC1CCCCN(C(C)C(=O)O)C1. The molecule has 3 nitrogen and oxygen atoms in total. The number of aliphatic carboxylic acids is 1. The number of nitrogens with zero attached hydrogens (tertiary/aromatic N) is 1. The Balaban J connectivity index is 2.52. The molecule has 1 heterocycles. The molecule has 1 fully saturated rings. The number of carboxylic acid groups (broad SMARTS) is 1. The molecular weight excluding hydrogens is 210 g/mol. The van der Waals surface area contributed by atoms with Gasteiger partial charge in [0, 0.05) is 11.8 Å². The monoisotopic (exact) mass is 231 g/mol. The van der Waals surface area contributed by atoms with Crippen LogP contribution in [0.2, 0.25) is 0 Å². The highest BCUT2D eigenvalue weighted by Crippen LogP contribution is 2.23. The number of hydrogen-bond acceptors (Lipinski definition) is 3. The average Bonchev–Trinajstić information content (AvgIpc) is 2.42. The molecule has 15 heavy (non-hydrogen) atoms. The predicted octanol–water partition coefficient (Wildman–Crippen LogP) is 2.07. The van der Waals surface area contributed by atoms with Crippen molar-refractivity contribution in [2.24, 2.45) is 0 Å². The molecule has 0 aromatic rings. The summed E-state index contributed by atoms with van der Waals surface area (Å²) in [6.45, 7) is 5.84. The summed E-state index contributed by atoms with van der Waals surface area (Å²) in [6, 6.07) is -0.331. The van der Waals surface area contributed by atoms with Crippen molar-refractivity contribution in [3.8, 4) is 0 Å². The Morgan fingerprint density at radius 3 is 2.93 bits per heavy atom. The van der Waals surface area contributed by atoms with E-state index < -0.39 is 5.97 Å². The third-order valence-electron chi connectivity index (χ3n) is 2.97. The molecule has 0 spiro atoms. The fraction of sp³-hybridized carbons (Fsp3) is 0.909. The second-order valence-electron chi connectivity index (χ2n) is 4.08. The van der Waals surface area contributed by atoms with Crippen molar-refractivity contribution in [1.82, 2.24) is 4.90 Å². The van der Waals surface area contributed by atoms with Gasteiger partial charge >= 0.3 is 5.97 Å². The van der Waals surface area contributed by atoms with Crippen LogP contribution in [0, 0.1) is 0 Å². The molecule has 1 aliphatic heterocycles. The van der Waals surface area contributed by atoms with Crippen molar-refractivity contribution >= 4 is 17.7 Å². The molecule has 0 radical (unpaired) electrons. The first-order valence-electron chi connectivity index (χ1n) is 5.73. The van der Waals surface area contributed by atoms with Crippen molar-refractivity contribution in [3.63, 3.8) is 0 Å². The van der Waals surface area contributed by atoms with E-state index in [9.17, 15) is 4.79 Å². The van der Waals surface area contributed by atoms with E-state index in [0.29, 0.717) is 5.25 Å². The van der Waals surface area contributed by atoms with E-state index in [1.165, 1.54) is 12.8 Å². The summed E-state index contributed by atoms with van der Waals surface area (Å²) in [6.07, 6.45) is 3.61. The maximum Gasteiger partial charge on any atom is 0.320 e. The summed E-state index contributed by atoms with van der Waals surface area (Å²) in [5, 5.41) is 9.62. The van der Waals surface area contributed by atoms with Crippen molar-refractivity contribution in [1.29, 1.82) is 0 Å². The molecule has 1 N–H and O–H groups in total. The second-order valence-corrected chi connectivity index (χ2v) is 5.66. The van der Waals surface area contributed by atoms with Crippen molar-refractivity contribution in [2.75, 3.05) is 18.8 Å². The van der Waals surface area contributed by atoms with Gasteiger partial charge in [-0.25, -0.2) is 0 Å². The third kappa shape index (κ3) is 4.03. The van der Waals surface area contributed by atoms with E-state index >= 15 is 0 Å². The Bertz CT molecular complexity index is 211. The minimum Gasteiger partial charge on any atom is -0.480 e. The van der Waals surface area contributed by atoms with Gasteiger partial charge in [-0.2, -0.15) is 11.8 Å². The van der Waals surface area contributed by atoms with E-state index in [2.05, 4.69) is 11.8 Å². The molecule has 1 rings (SSSR count). The number of hydrogen-bond donors (Lipinski definition) is 1. The zero-order chi connectivity index (χ0) is 11.3. The van der Waals surface area contributed by atoms with Gasteiger partial charge < -0.3 is 5.11 Å². The lowest BCUT2D eigenvalue weighted by Crippen LogP contribution is -2.41. The highest BCUT2D eigenvalue weighted by Gasteiger charge is 2.25. The van der Waals surface area contributed by atoms with Crippen LogP contribution in [0.25, 0.3) is 0 Å². The lowest BCUT2D eigenvalue weighted by molar-refractivity contribution is -0.142. The quantitative estimate of drug-likeness (QED) is 0.804. The molecule has 0 bridgehead atoms. The second kappa shape index (κ2) is 6.38. The zero-order valence-corrected chi connectivity index (χ0v) is 10.4. The van der Waals surface area contributed by atoms with Crippen LogP contribution in [0.4, 0.5) is 0 Å². The highest BCUT2D eigenvalue weighted by atomic mass is 32.2. The van der Waals surface area contributed by atoms with E-state index in [-0.39, 0.29) is 6.04 Å². The van der Waals surface area contributed by atoms with Gasteiger partial charge in [0.2, 0.25) is 0 Å². The van der Waals surface area contributed by atoms with Gasteiger partial charge in [0.15, 0.2) is 0 Å². The maximum atomic E-state index is 10.9. The minimum atomic E-state index is -0.697. The van der Waals surface area contributed by atoms with Gasteiger partial charge in [0.1, 0.15) is 6.04 Å². The summed E-state index contributed by atoms with van der Waals surface area (Å²) in [5.41, 5.74) is 0. The predicted molar refractivity (Wildman–Crippen MR) is 64.4 cm³/mol. The highest BCUT2D eigenvalue weighted by molar-refractivity contribution is 7.99. The van der Waals surface area contributed by atoms with Gasteiger partial charge in [-0.15, -0.1) is 0 Å². The smallest absolute Gasteiger partial charge is 0.320 e. The van der Waals surface area contributed by atoms with Gasteiger partial charge in [-0.1, -0.05) is 13.3 Å². The van der Waals surface area contributed by atoms with Crippen LogP contribution in [0.15, 0.2) is 0 Å². The van der Waals surface area contributed by atoms with Gasteiger partial charge in [0.05, 0.1) is 0 Å². The molecule has 0 aromatic carbocycles. The van der Waals surface area contributed by atoms with E-state index in [1.807, 2.05) is 11.8 Å². The van der Waals surface area contributed by atoms with Gasteiger partial charge in [0.25, 0.3) is 0 Å². The first-order chi connectivity index (χ1) is 7.15. The van der Waals surface area contributed by atoms with Crippen LogP contribution < -0.4 is 0 Å². The molecule has 1 saturated heterocycles. The number of rotatable bonds is 4. The third-order valence-corrected chi connectivity index (χ3v) is 4.16. The fourth-order valence-corrected chi connectivity index (χ4v) is 3.11. The zero-order valence-electron chi connectivity index (χ0n) is 9.61. The van der Waals surface area contributed by atoms with E-state index in [4.69, 9.17) is 5.11 Å². The van der Waals surface area contributed by atoms with Crippen molar-refractivity contribution in [2.45, 2.75) is 44.4 Å². The Hall–Kier alpha value is -0.220. The Morgan fingerprint density at radius 1 is 1.60 bits per heavy atom. The Kier molecular flexibility index (Phi) is 5.47. The number of carbonyl (C=O) groups is 1. The minimum absolute atomic E-state index is 0.331. The summed E-state index contributed by atoms with van der Waals surface area (Å²) in [5.74, 6) is 0.428. The number of carboxylic acids is 1. The molecule has 1 aliphatic rings. The lowest BCUT2D eigenvalue weighted by atomic mass is 10.2. The first-order valence-corrected chi connectivity index (χ1v) is 6.78. The summed E-state index contributed by atoms with van der Waals surface area (Å²) in [7, 11) is 0. The molecule has 2 atom stereocenters. The van der Waals surface area contributed by atoms with Crippen LogP contribution in [0.1, 0.15) is 33.1 Å². The van der Waals surface area contributed by atoms with Crippen LogP contribution in [-0.2, 0) is 4.79 Å². The van der Waals surface area contributed by atoms with Crippen LogP contribution in [-0.4, -0.2) is 46.1 Å². The standard InChI is InChI=1S/C11H21NO2S/c1-3-15-10-6-4-5-7-12(8-10)9(2)11(13)14/h9-10H,3-8H2,1-2H3,(H,13,14). The molecule has 0 saturated carbocycles. The van der Waals surface area contributed by atoms with Crippen LogP contribution in [0.3, 0.4) is 0 Å².